The number of thioether (sulfide) groups is 1. The van der Waals surface area contributed by atoms with Crippen LogP contribution in [-0.4, -0.2) is 18.1 Å². The summed E-state index contributed by atoms with van der Waals surface area (Å²) in [6, 6.07) is 3.91. The Morgan fingerprint density at radius 1 is 1.33 bits per heavy atom. The van der Waals surface area contributed by atoms with Crippen LogP contribution >= 0.6 is 23.4 Å². The smallest absolute Gasteiger partial charge is 0.419 e. The topological polar surface area (TPSA) is 9.23 Å². The minimum Gasteiger partial charge on any atom is -0.492 e. The van der Waals surface area contributed by atoms with E-state index in [1.807, 2.05) is 6.92 Å². The highest BCUT2D eigenvalue weighted by Crippen LogP contribution is 2.37. The Kier molecular flexibility index (Phi) is 6.15. The minimum absolute atomic E-state index is 0.0506. The van der Waals surface area contributed by atoms with Crippen LogP contribution in [0.5, 0.6) is 5.75 Å². The first-order chi connectivity index (χ1) is 8.49. The zero-order valence-electron chi connectivity index (χ0n) is 9.89. The van der Waals surface area contributed by atoms with E-state index in [4.69, 9.17) is 16.3 Å². The number of alkyl halides is 4. The molecule has 18 heavy (non-hydrogen) atoms. The summed E-state index contributed by atoms with van der Waals surface area (Å²) in [7, 11) is 0. The van der Waals surface area contributed by atoms with E-state index in [9.17, 15) is 13.2 Å². The van der Waals surface area contributed by atoms with Crippen LogP contribution in [0.1, 0.15) is 18.1 Å². The maximum absolute atomic E-state index is 12.8. The minimum atomic E-state index is -4.42. The molecule has 0 bridgehead atoms. The van der Waals surface area contributed by atoms with Crippen LogP contribution in [0.2, 0.25) is 0 Å². The van der Waals surface area contributed by atoms with Gasteiger partial charge in [0.05, 0.1) is 12.2 Å². The van der Waals surface area contributed by atoms with Crippen LogP contribution < -0.4 is 4.74 Å². The lowest BCUT2D eigenvalue weighted by Gasteiger charge is -2.14. The second-order valence-electron chi connectivity index (χ2n) is 3.51. The molecule has 6 heteroatoms. The molecule has 0 saturated heterocycles. The van der Waals surface area contributed by atoms with Gasteiger partial charge in [-0.3, -0.25) is 0 Å². The van der Waals surface area contributed by atoms with Gasteiger partial charge in [0.2, 0.25) is 0 Å². The summed E-state index contributed by atoms with van der Waals surface area (Å²) < 4.78 is 43.6. The molecule has 0 saturated carbocycles. The highest BCUT2D eigenvalue weighted by molar-refractivity contribution is 7.99. The molecule has 1 rings (SSSR count). The first-order valence-corrected chi connectivity index (χ1v) is 7.14. The molecule has 102 valence electrons. The van der Waals surface area contributed by atoms with Gasteiger partial charge in [-0.15, -0.1) is 11.6 Å². The maximum atomic E-state index is 12.8. The second kappa shape index (κ2) is 7.14. The Balaban J connectivity index is 2.82. The molecule has 1 aromatic rings. The van der Waals surface area contributed by atoms with Crippen LogP contribution in [0.3, 0.4) is 0 Å². The lowest BCUT2D eigenvalue weighted by molar-refractivity contribution is -0.138. The lowest BCUT2D eigenvalue weighted by atomic mass is 10.1. The number of hydrogen-bond donors (Lipinski definition) is 0. The summed E-state index contributed by atoms with van der Waals surface area (Å²) in [5, 5.41) is 0. The molecular weight excluding hydrogens is 285 g/mol. The molecule has 0 amide bonds. The Bertz CT molecular complexity index is 382. The van der Waals surface area contributed by atoms with Crippen LogP contribution in [0, 0.1) is 0 Å². The first kappa shape index (κ1) is 15.5. The molecule has 0 aliphatic heterocycles. The molecule has 0 spiro atoms. The molecule has 0 atom stereocenters. The van der Waals surface area contributed by atoms with Gasteiger partial charge in [0.25, 0.3) is 0 Å². The second-order valence-corrected chi connectivity index (χ2v) is 5.17. The van der Waals surface area contributed by atoms with Crippen molar-refractivity contribution in [2.24, 2.45) is 0 Å². The number of ether oxygens (including phenoxy) is 1. The fourth-order valence-electron chi connectivity index (χ4n) is 1.36. The van der Waals surface area contributed by atoms with Gasteiger partial charge in [-0.05, 0) is 23.4 Å². The molecule has 0 heterocycles. The fraction of sp³-hybridized carbons (Fsp3) is 0.500. The number of hydrogen-bond acceptors (Lipinski definition) is 2. The van der Waals surface area contributed by atoms with Gasteiger partial charge in [-0.1, -0.05) is 13.0 Å². The molecule has 0 N–H and O–H groups in total. The van der Waals surface area contributed by atoms with Gasteiger partial charge in [0, 0.05) is 11.6 Å². The van der Waals surface area contributed by atoms with Gasteiger partial charge < -0.3 is 4.74 Å². The number of rotatable bonds is 6. The average molecular weight is 299 g/mol. The highest BCUT2D eigenvalue weighted by atomic mass is 35.5. The van der Waals surface area contributed by atoms with Crippen LogP contribution in [0.4, 0.5) is 13.2 Å². The predicted octanol–water partition coefficient (Wildman–Crippen LogP) is 4.58. The molecule has 0 unspecified atom stereocenters. The van der Waals surface area contributed by atoms with Crippen LogP contribution in [0.15, 0.2) is 18.2 Å². The van der Waals surface area contributed by atoms with Crippen molar-refractivity contribution >= 4 is 23.4 Å². The summed E-state index contributed by atoms with van der Waals surface area (Å²) >= 11 is 7.16. The zero-order chi connectivity index (χ0) is 13.6. The van der Waals surface area contributed by atoms with Gasteiger partial charge >= 0.3 is 6.18 Å². The summed E-state index contributed by atoms with van der Waals surface area (Å²) in [5.74, 6) is 1.51. The molecule has 0 fully saturated rings. The van der Waals surface area contributed by atoms with Crippen LogP contribution in [0.25, 0.3) is 0 Å². The van der Waals surface area contributed by atoms with Crippen molar-refractivity contribution in [3.05, 3.63) is 29.3 Å². The standard InChI is InChI=1S/C12H14ClF3OS/c1-2-18-6-5-17-11-4-3-9(8-13)7-10(11)12(14,15)16/h3-4,7H,2,5-6,8H2,1H3. The number of halogens is 4. The summed E-state index contributed by atoms with van der Waals surface area (Å²) in [6.07, 6.45) is -4.42. The van der Waals surface area contributed by atoms with Crippen molar-refractivity contribution in [1.29, 1.82) is 0 Å². The van der Waals surface area contributed by atoms with Crippen molar-refractivity contribution < 1.29 is 17.9 Å². The summed E-state index contributed by atoms with van der Waals surface area (Å²) in [5.41, 5.74) is -0.332. The Labute approximate surface area is 114 Å². The van der Waals surface area contributed by atoms with Crippen molar-refractivity contribution in [1.82, 2.24) is 0 Å². The third-order valence-corrected chi connectivity index (χ3v) is 3.37. The molecule has 1 aromatic carbocycles. The zero-order valence-corrected chi connectivity index (χ0v) is 11.5. The summed E-state index contributed by atoms with van der Waals surface area (Å²) in [6.45, 7) is 2.25. The fourth-order valence-corrected chi connectivity index (χ4v) is 2.02. The van der Waals surface area contributed by atoms with Crippen molar-refractivity contribution in [2.45, 2.75) is 19.0 Å². The van der Waals surface area contributed by atoms with E-state index in [1.165, 1.54) is 6.07 Å². The highest BCUT2D eigenvalue weighted by Gasteiger charge is 2.34. The van der Waals surface area contributed by atoms with E-state index in [1.54, 1.807) is 17.8 Å². The lowest BCUT2D eigenvalue weighted by Crippen LogP contribution is -2.10. The van der Waals surface area contributed by atoms with E-state index in [-0.39, 0.29) is 18.2 Å². The van der Waals surface area contributed by atoms with Crippen LogP contribution in [-0.2, 0) is 12.1 Å². The molecule has 0 aliphatic rings. The molecule has 1 nitrogen and oxygen atoms in total. The van der Waals surface area contributed by atoms with Crippen molar-refractivity contribution in [3.63, 3.8) is 0 Å². The maximum Gasteiger partial charge on any atom is 0.419 e. The van der Waals surface area contributed by atoms with Crippen molar-refractivity contribution in [3.8, 4) is 5.75 Å². The normalized spacial score (nSPS) is 11.6. The molecule has 0 aromatic heterocycles. The average Bonchev–Trinajstić information content (AvgIpc) is 2.33. The van der Waals surface area contributed by atoms with E-state index < -0.39 is 11.7 Å². The Hall–Kier alpha value is -0.550. The van der Waals surface area contributed by atoms with Gasteiger partial charge in [-0.25, -0.2) is 0 Å². The molecule has 0 radical (unpaired) electrons. The molecular formula is C12H14ClF3OS. The molecule has 0 aliphatic carbocycles. The van der Waals surface area contributed by atoms with E-state index in [0.29, 0.717) is 11.3 Å². The van der Waals surface area contributed by atoms with Gasteiger partial charge in [0.1, 0.15) is 5.75 Å². The van der Waals surface area contributed by atoms with E-state index >= 15 is 0 Å². The quantitative estimate of drug-likeness (QED) is 0.562. The Morgan fingerprint density at radius 3 is 2.61 bits per heavy atom. The summed E-state index contributed by atoms with van der Waals surface area (Å²) in [4.78, 5) is 0. The SMILES string of the molecule is CCSCCOc1ccc(CCl)cc1C(F)(F)F. The van der Waals surface area contributed by atoms with Gasteiger partial charge in [-0.2, -0.15) is 24.9 Å². The number of benzene rings is 1. The first-order valence-electron chi connectivity index (χ1n) is 5.45. The van der Waals surface area contributed by atoms with E-state index in [0.717, 1.165) is 11.8 Å². The van der Waals surface area contributed by atoms with E-state index in [2.05, 4.69) is 0 Å². The third-order valence-electron chi connectivity index (χ3n) is 2.19. The predicted molar refractivity (Wildman–Crippen MR) is 69.5 cm³/mol. The monoisotopic (exact) mass is 298 g/mol. The third kappa shape index (κ3) is 4.61. The van der Waals surface area contributed by atoms with Crippen molar-refractivity contribution in [2.75, 3.05) is 18.1 Å². The largest absolute Gasteiger partial charge is 0.492 e. The van der Waals surface area contributed by atoms with Gasteiger partial charge in [0.15, 0.2) is 0 Å². The Morgan fingerprint density at radius 2 is 2.06 bits per heavy atom.